The zero-order valence-electron chi connectivity index (χ0n) is 11.9. The Balaban J connectivity index is 2.14. The molecule has 1 aromatic carbocycles. The first-order valence-electron chi connectivity index (χ1n) is 6.58. The minimum Gasteiger partial charge on any atom is -0.437 e. The van der Waals surface area contributed by atoms with E-state index in [-0.39, 0.29) is 10.5 Å². The number of rotatable bonds is 2. The van der Waals surface area contributed by atoms with Gasteiger partial charge in [0.1, 0.15) is 5.75 Å². The summed E-state index contributed by atoms with van der Waals surface area (Å²) in [5, 5.41) is 1.19. The molecule has 22 heavy (non-hydrogen) atoms. The van der Waals surface area contributed by atoms with Crippen molar-refractivity contribution >= 4 is 34.1 Å². The number of nitrogens with zero attached hydrogens (tertiary/aromatic N) is 1. The van der Waals surface area contributed by atoms with Crippen LogP contribution in [0.1, 0.15) is 11.3 Å². The van der Waals surface area contributed by atoms with Gasteiger partial charge >= 0.3 is 0 Å². The molecule has 0 amide bonds. The molecule has 0 unspecified atom stereocenters. The van der Waals surface area contributed by atoms with Crippen LogP contribution in [0, 0.1) is 13.8 Å². The molecule has 3 rings (SSSR count). The van der Waals surface area contributed by atoms with Crippen molar-refractivity contribution in [3.05, 3.63) is 62.0 Å². The van der Waals surface area contributed by atoms with Crippen molar-refractivity contribution in [1.82, 2.24) is 9.97 Å². The van der Waals surface area contributed by atoms with Gasteiger partial charge in [-0.15, -0.1) is 0 Å². The lowest BCUT2D eigenvalue weighted by molar-refractivity contribution is 0.464. The van der Waals surface area contributed by atoms with Crippen LogP contribution in [0.2, 0.25) is 10.0 Å². The Morgan fingerprint density at radius 3 is 2.59 bits per heavy atom. The number of hydrogen-bond donors (Lipinski definition) is 1. The Morgan fingerprint density at radius 2 is 1.91 bits per heavy atom. The van der Waals surface area contributed by atoms with Crippen LogP contribution in [0.5, 0.6) is 11.6 Å². The number of H-pyrrole nitrogens is 1. The summed E-state index contributed by atoms with van der Waals surface area (Å²) in [7, 11) is 0. The highest BCUT2D eigenvalue weighted by Gasteiger charge is 2.14. The first-order valence-corrected chi connectivity index (χ1v) is 7.34. The van der Waals surface area contributed by atoms with Gasteiger partial charge in [-0.05, 0) is 32.0 Å². The van der Waals surface area contributed by atoms with Crippen LogP contribution in [-0.2, 0) is 0 Å². The summed E-state index contributed by atoms with van der Waals surface area (Å²) in [5.41, 5.74) is 2.03. The molecule has 3 aromatic rings. The fourth-order valence-electron chi connectivity index (χ4n) is 2.15. The lowest BCUT2D eigenvalue weighted by Gasteiger charge is -2.10. The van der Waals surface area contributed by atoms with Crippen LogP contribution in [0.25, 0.3) is 10.9 Å². The summed E-state index contributed by atoms with van der Waals surface area (Å²) in [6.07, 6.45) is 1.48. The van der Waals surface area contributed by atoms with Crippen molar-refractivity contribution in [3.63, 3.8) is 0 Å². The Morgan fingerprint density at radius 1 is 1.14 bits per heavy atom. The lowest BCUT2D eigenvalue weighted by Crippen LogP contribution is -2.10. The molecule has 2 heterocycles. The van der Waals surface area contributed by atoms with Crippen molar-refractivity contribution in [2.75, 3.05) is 0 Å². The maximum absolute atomic E-state index is 12.4. The highest BCUT2D eigenvalue weighted by Crippen LogP contribution is 2.33. The van der Waals surface area contributed by atoms with Crippen molar-refractivity contribution in [3.8, 4) is 11.6 Å². The third-order valence-corrected chi connectivity index (χ3v) is 4.07. The molecular formula is C16H12Cl2N2O2. The van der Waals surface area contributed by atoms with Crippen LogP contribution in [0.3, 0.4) is 0 Å². The van der Waals surface area contributed by atoms with E-state index in [1.165, 1.54) is 6.20 Å². The summed E-state index contributed by atoms with van der Waals surface area (Å²) in [4.78, 5) is 19.6. The minimum absolute atomic E-state index is 0.106. The lowest BCUT2D eigenvalue weighted by atomic mass is 10.1. The monoisotopic (exact) mass is 334 g/mol. The van der Waals surface area contributed by atoms with E-state index >= 15 is 0 Å². The van der Waals surface area contributed by atoms with E-state index in [1.54, 1.807) is 31.2 Å². The molecule has 6 heteroatoms. The average Bonchev–Trinajstić information content (AvgIpc) is 2.50. The first-order chi connectivity index (χ1) is 10.5. The molecule has 0 radical (unpaired) electrons. The van der Waals surface area contributed by atoms with Gasteiger partial charge in [0.05, 0.1) is 20.9 Å². The molecule has 0 fully saturated rings. The molecule has 0 saturated carbocycles. The van der Waals surface area contributed by atoms with E-state index < -0.39 is 0 Å². The van der Waals surface area contributed by atoms with Gasteiger partial charge in [-0.3, -0.25) is 4.79 Å². The molecule has 0 bridgehead atoms. The topological polar surface area (TPSA) is 55.0 Å². The summed E-state index contributed by atoms with van der Waals surface area (Å²) in [6, 6.07) is 6.76. The van der Waals surface area contributed by atoms with E-state index in [9.17, 15) is 4.79 Å². The zero-order chi connectivity index (χ0) is 15.9. The third-order valence-electron chi connectivity index (χ3n) is 3.47. The minimum atomic E-state index is -0.106. The Labute approximate surface area is 136 Å². The highest BCUT2D eigenvalue weighted by atomic mass is 35.5. The molecule has 0 spiro atoms. The van der Waals surface area contributed by atoms with Crippen LogP contribution in [-0.4, -0.2) is 9.97 Å². The quantitative estimate of drug-likeness (QED) is 0.742. The molecule has 0 atom stereocenters. The second-order valence-electron chi connectivity index (χ2n) is 4.92. The Bertz CT molecular complexity index is 918. The molecule has 0 saturated heterocycles. The third kappa shape index (κ3) is 2.56. The summed E-state index contributed by atoms with van der Waals surface area (Å²) in [5.74, 6) is 0.726. The van der Waals surface area contributed by atoms with Gasteiger partial charge in [0.15, 0.2) is 5.43 Å². The number of ether oxygens (including phenoxy) is 1. The van der Waals surface area contributed by atoms with Crippen LogP contribution in [0.15, 0.2) is 35.3 Å². The standard InChI is InChI=1S/C16H12Cl2N2O2/c1-8-9(2)20-11-4-5-12(15(18)14(11)16(8)21)22-13-6-3-10(17)7-19-13/h3-7H,1-2H3,(H,20,21). The van der Waals surface area contributed by atoms with E-state index in [1.807, 2.05) is 6.92 Å². The maximum Gasteiger partial charge on any atom is 0.219 e. The largest absolute Gasteiger partial charge is 0.437 e. The van der Waals surface area contributed by atoms with E-state index in [4.69, 9.17) is 27.9 Å². The number of pyridine rings is 2. The number of benzene rings is 1. The fraction of sp³-hybridized carbons (Fsp3) is 0.125. The highest BCUT2D eigenvalue weighted by molar-refractivity contribution is 6.36. The molecule has 0 aliphatic carbocycles. The molecule has 112 valence electrons. The second kappa shape index (κ2) is 5.63. The van der Waals surface area contributed by atoms with Crippen molar-refractivity contribution in [1.29, 1.82) is 0 Å². The van der Waals surface area contributed by atoms with Crippen LogP contribution >= 0.6 is 23.2 Å². The van der Waals surface area contributed by atoms with Gasteiger partial charge in [-0.25, -0.2) is 4.98 Å². The predicted octanol–water partition coefficient (Wildman–Crippen LogP) is 4.64. The van der Waals surface area contributed by atoms with Crippen molar-refractivity contribution in [2.45, 2.75) is 13.8 Å². The molecule has 2 aromatic heterocycles. The first kappa shape index (κ1) is 14.9. The van der Waals surface area contributed by atoms with Gasteiger partial charge in [0.25, 0.3) is 0 Å². The van der Waals surface area contributed by atoms with E-state index in [2.05, 4.69) is 9.97 Å². The normalized spacial score (nSPS) is 10.9. The number of halogens is 2. The fourth-order valence-corrected chi connectivity index (χ4v) is 2.55. The van der Waals surface area contributed by atoms with Crippen LogP contribution < -0.4 is 10.2 Å². The Hall–Kier alpha value is -2.04. The molecule has 0 aliphatic heterocycles. The molecule has 0 aliphatic rings. The molecule has 1 N–H and O–H groups in total. The van der Waals surface area contributed by atoms with Gasteiger partial charge in [-0.2, -0.15) is 0 Å². The summed E-state index contributed by atoms with van der Waals surface area (Å²) < 4.78 is 5.64. The van der Waals surface area contributed by atoms with E-state index in [0.717, 1.165) is 5.69 Å². The van der Waals surface area contributed by atoms with E-state index in [0.29, 0.717) is 33.1 Å². The van der Waals surface area contributed by atoms with Crippen LogP contribution in [0.4, 0.5) is 0 Å². The zero-order valence-corrected chi connectivity index (χ0v) is 13.4. The van der Waals surface area contributed by atoms with Gasteiger partial charge in [0, 0.05) is 23.5 Å². The summed E-state index contributed by atoms with van der Waals surface area (Å²) in [6.45, 7) is 3.62. The number of aryl methyl sites for hydroxylation is 1. The predicted molar refractivity (Wildman–Crippen MR) is 88.4 cm³/mol. The van der Waals surface area contributed by atoms with Crippen molar-refractivity contribution in [2.24, 2.45) is 0 Å². The van der Waals surface area contributed by atoms with Gasteiger partial charge < -0.3 is 9.72 Å². The summed E-state index contributed by atoms with van der Waals surface area (Å²) >= 11 is 12.1. The Kier molecular flexibility index (Phi) is 3.81. The molecular weight excluding hydrogens is 323 g/mol. The van der Waals surface area contributed by atoms with Gasteiger partial charge in [0.2, 0.25) is 5.88 Å². The SMILES string of the molecule is Cc1[nH]c2ccc(Oc3ccc(Cl)cn3)c(Cl)c2c(=O)c1C. The van der Waals surface area contributed by atoms with Gasteiger partial charge in [-0.1, -0.05) is 23.2 Å². The smallest absolute Gasteiger partial charge is 0.219 e. The number of hydrogen-bond acceptors (Lipinski definition) is 3. The number of nitrogens with one attached hydrogen (secondary N) is 1. The number of aromatic amines is 1. The number of aromatic nitrogens is 2. The maximum atomic E-state index is 12.4. The number of fused-ring (bicyclic) bond motifs is 1. The average molecular weight is 335 g/mol. The molecule has 4 nitrogen and oxygen atoms in total. The van der Waals surface area contributed by atoms with Crippen molar-refractivity contribution < 1.29 is 4.74 Å². The second-order valence-corrected chi connectivity index (χ2v) is 5.74.